The van der Waals surface area contributed by atoms with Crippen LogP contribution in [0.5, 0.6) is 5.75 Å². The number of hydrogen-bond acceptors (Lipinski definition) is 1. The van der Waals surface area contributed by atoms with Crippen LogP contribution in [0.2, 0.25) is 0 Å². The van der Waals surface area contributed by atoms with Crippen molar-refractivity contribution in [3.63, 3.8) is 0 Å². The van der Waals surface area contributed by atoms with Crippen LogP contribution in [0, 0.1) is 6.92 Å². The molecule has 0 unspecified atom stereocenters. The Morgan fingerprint density at radius 3 is 2.62 bits per heavy atom. The highest BCUT2D eigenvalue weighted by Gasteiger charge is 2.00. The summed E-state index contributed by atoms with van der Waals surface area (Å²) in [5.41, 5.74) is 2.03. The second-order valence-electron chi connectivity index (χ2n) is 3.24. The van der Waals surface area contributed by atoms with Gasteiger partial charge in [0.15, 0.2) is 0 Å². The summed E-state index contributed by atoms with van der Waals surface area (Å²) in [5.74, 6) is 0.299. The van der Waals surface area contributed by atoms with Crippen LogP contribution in [-0.2, 0) is 0 Å². The molecule has 3 nitrogen and oxygen atoms in total. The smallest absolute Gasteiger partial charge is 0.236 e. The van der Waals surface area contributed by atoms with Gasteiger partial charge in [-0.3, -0.25) is 4.58 Å². The van der Waals surface area contributed by atoms with E-state index in [0.29, 0.717) is 5.75 Å². The zero-order valence-electron chi connectivity index (χ0n) is 8.20. The van der Waals surface area contributed by atoms with Crippen molar-refractivity contribution in [3.05, 3.63) is 23.8 Å². The summed E-state index contributed by atoms with van der Waals surface area (Å²) in [7, 11) is 3.89. The normalized spacial score (nSPS) is 9.46. The Kier molecular flexibility index (Phi) is 2.90. The average Bonchev–Trinajstić information content (AvgIpc) is 2.02. The topological polar surface area (TPSA) is 35.3 Å². The van der Waals surface area contributed by atoms with E-state index in [-0.39, 0.29) is 0 Å². The number of aryl methyl sites for hydroxylation is 1. The van der Waals surface area contributed by atoms with Crippen LogP contribution in [0.1, 0.15) is 5.56 Å². The lowest BCUT2D eigenvalue weighted by atomic mass is 10.2. The number of nitrogens with zero attached hydrogens (tertiary/aromatic N) is 1. The molecule has 0 bridgehead atoms. The van der Waals surface area contributed by atoms with Crippen LogP contribution in [0.25, 0.3) is 0 Å². The first-order valence-electron chi connectivity index (χ1n) is 4.15. The first-order chi connectivity index (χ1) is 6.09. The van der Waals surface area contributed by atoms with Crippen LogP contribution in [-0.4, -0.2) is 30.1 Å². The molecule has 0 aromatic heterocycles. The Hall–Kier alpha value is -1.51. The summed E-state index contributed by atoms with van der Waals surface area (Å²) in [5, 5.41) is 12.3. The van der Waals surface area contributed by atoms with Gasteiger partial charge in [-0.2, -0.15) is 0 Å². The van der Waals surface area contributed by atoms with Gasteiger partial charge in [0.1, 0.15) is 11.4 Å². The molecule has 2 N–H and O–H groups in total. The third kappa shape index (κ3) is 2.78. The van der Waals surface area contributed by atoms with E-state index in [0.717, 1.165) is 11.3 Å². The van der Waals surface area contributed by atoms with Crippen molar-refractivity contribution < 1.29 is 9.68 Å². The van der Waals surface area contributed by atoms with Gasteiger partial charge in [0, 0.05) is 0 Å². The lowest BCUT2D eigenvalue weighted by molar-refractivity contribution is -0.459. The van der Waals surface area contributed by atoms with E-state index >= 15 is 0 Å². The van der Waals surface area contributed by atoms with E-state index in [1.165, 1.54) is 0 Å². The molecular formula is C10H15N2O+. The van der Waals surface area contributed by atoms with Crippen LogP contribution >= 0.6 is 0 Å². The molecule has 1 aromatic carbocycles. The Bertz CT molecular complexity index is 328. The Morgan fingerprint density at radius 1 is 1.38 bits per heavy atom. The molecular weight excluding hydrogens is 164 g/mol. The Balaban J connectivity index is 2.84. The highest BCUT2D eigenvalue weighted by atomic mass is 16.3. The van der Waals surface area contributed by atoms with Gasteiger partial charge in [-0.05, 0) is 30.7 Å². The number of phenols is 1. The van der Waals surface area contributed by atoms with E-state index in [1.807, 2.05) is 38.0 Å². The molecule has 0 fully saturated rings. The standard InChI is InChI=1S/C10H14N2O/c1-8-6-9(13)4-5-10(8)11-7-12(2)3/h4-7,13H,1-3H3/p+1. The van der Waals surface area contributed by atoms with Gasteiger partial charge in [-0.1, -0.05) is 0 Å². The van der Waals surface area contributed by atoms with Crippen LogP contribution in [0.3, 0.4) is 0 Å². The third-order valence-electron chi connectivity index (χ3n) is 1.69. The minimum Gasteiger partial charge on any atom is -0.508 e. The molecule has 0 aliphatic rings. The fourth-order valence-electron chi connectivity index (χ4n) is 1.01. The minimum atomic E-state index is 0.299. The zero-order chi connectivity index (χ0) is 9.84. The monoisotopic (exact) mass is 179 g/mol. The summed E-state index contributed by atoms with van der Waals surface area (Å²) < 4.78 is 1.92. The van der Waals surface area contributed by atoms with Gasteiger partial charge < -0.3 is 5.11 Å². The highest BCUT2D eigenvalue weighted by molar-refractivity contribution is 5.74. The zero-order valence-corrected chi connectivity index (χ0v) is 8.20. The number of benzene rings is 1. The predicted octanol–water partition coefficient (Wildman–Crippen LogP) is 1.41. The summed E-state index contributed by atoms with van der Waals surface area (Å²) >= 11 is 0. The van der Waals surface area contributed by atoms with E-state index in [1.54, 1.807) is 12.1 Å². The van der Waals surface area contributed by atoms with Crippen LogP contribution < -0.4 is 5.32 Å². The maximum absolute atomic E-state index is 9.17. The first-order valence-corrected chi connectivity index (χ1v) is 4.15. The molecule has 0 spiro atoms. The number of hydrogen-bond donors (Lipinski definition) is 2. The average molecular weight is 179 g/mol. The van der Waals surface area contributed by atoms with Crippen molar-refractivity contribution in [2.24, 2.45) is 0 Å². The number of phenolic OH excluding ortho intramolecular Hbond substituents is 1. The Morgan fingerprint density at radius 2 is 2.08 bits per heavy atom. The Labute approximate surface area is 78.3 Å². The summed E-state index contributed by atoms with van der Waals surface area (Å²) in [6.45, 7) is 1.95. The number of aromatic hydroxyl groups is 1. The van der Waals surface area contributed by atoms with Crippen molar-refractivity contribution in [3.8, 4) is 5.75 Å². The van der Waals surface area contributed by atoms with Gasteiger partial charge in [0.05, 0.1) is 14.1 Å². The molecule has 0 amide bonds. The lowest BCUT2D eigenvalue weighted by Gasteiger charge is -2.00. The molecule has 0 saturated heterocycles. The van der Waals surface area contributed by atoms with Crippen molar-refractivity contribution in [1.29, 1.82) is 0 Å². The molecule has 70 valence electrons. The minimum absolute atomic E-state index is 0.299. The summed E-state index contributed by atoms with van der Waals surface area (Å²) in [6, 6.07) is 5.25. The SMILES string of the molecule is Cc1cc(O)ccc1NC=[N+](C)C. The van der Waals surface area contributed by atoms with Crippen molar-refractivity contribution in [2.45, 2.75) is 6.92 Å². The van der Waals surface area contributed by atoms with Gasteiger partial charge in [-0.25, -0.2) is 5.32 Å². The van der Waals surface area contributed by atoms with Gasteiger partial charge in [-0.15, -0.1) is 0 Å². The van der Waals surface area contributed by atoms with Crippen LogP contribution in [0.15, 0.2) is 18.2 Å². The summed E-state index contributed by atoms with van der Waals surface area (Å²) in [6.07, 6.45) is 1.86. The second kappa shape index (κ2) is 3.94. The highest BCUT2D eigenvalue weighted by Crippen LogP contribution is 2.19. The van der Waals surface area contributed by atoms with E-state index in [2.05, 4.69) is 5.32 Å². The molecule has 1 aromatic rings. The molecule has 3 heteroatoms. The summed E-state index contributed by atoms with van der Waals surface area (Å²) in [4.78, 5) is 0. The second-order valence-corrected chi connectivity index (χ2v) is 3.24. The molecule has 13 heavy (non-hydrogen) atoms. The van der Waals surface area contributed by atoms with E-state index in [4.69, 9.17) is 5.11 Å². The maximum Gasteiger partial charge on any atom is 0.236 e. The maximum atomic E-state index is 9.17. The fourth-order valence-corrected chi connectivity index (χ4v) is 1.01. The van der Waals surface area contributed by atoms with Crippen molar-refractivity contribution >= 4 is 12.0 Å². The van der Waals surface area contributed by atoms with E-state index < -0.39 is 0 Å². The number of anilines is 1. The van der Waals surface area contributed by atoms with Gasteiger partial charge in [0.2, 0.25) is 6.34 Å². The van der Waals surface area contributed by atoms with Crippen molar-refractivity contribution in [2.75, 3.05) is 19.4 Å². The largest absolute Gasteiger partial charge is 0.508 e. The molecule has 0 heterocycles. The molecule has 0 radical (unpaired) electrons. The molecule has 0 saturated carbocycles. The van der Waals surface area contributed by atoms with Crippen molar-refractivity contribution in [1.82, 2.24) is 0 Å². The lowest BCUT2D eigenvalue weighted by Crippen LogP contribution is -2.07. The van der Waals surface area contributed by atoms with Gasteiger partial charge >= 0.3 is 0 Å². The fraction of sp³-hybridized carbons (Fsp3) is 0.300. The van der Waals surface area contributed by atoms with E-state index in [9.17, 15) is 0 Å². The van der Waals surface area contributed by atoms with Crippen LogP contribution in [0.4, 0.5) is 5.69 Å². The molecule has 0 atom stereocenters. The third-order valence-corrected chi connectivity index (χ3v) is 1.69. The predicted molar refractivity (Wildman–Crippen MR) is 54.6 cm³/mol. The number of rotatable bonds is 2. The van der Waals surface area contributed by atoms with Gasteiger partial charge in [0.25, 0.3) is 0 Å². The molecule has 0 aliphatic heterocycles. The molecule has 0 aliphatic carbocycles. The molecule has 1 rings (SSSR count). The first kappa shape index (κ1) is 9.58. The quantitative estimate of drug-likeness (QED) is 0.311. The number of nitrogens with one attached hydrogen (secondary N) is 1.